The predicted octanol–water partition coefficient (Wildman–Crippen LogP) is 5.95. The van der Waals surface area contributed by atoms with Crippen LogP contribution >= 0.6 is 23.4 Å². The molecule has 0 bridgehead atoms. The molecule has 1 fully saturated rings. The number of piperidine rings is 1. The molecule has 0 amide bonds. The zero-order valence-corrected chi connectivity index (χ0v) is 16.6. The lowest BCUT2D eigenvalue weighted by molar-refractivity contribution is 0.226. The summed E-state index contributed by atoms with van der Waals surface area (Å²) in [6.07, 6.45) is 6.21. The van der Waals surface area contributed by atoms with Crippen molar-refractivity contribution < 1.29 is 0 Å². The van der Waals surface area contributed by atoms with E-state index in [4.69, 9.17) is 11.6 Å². The predicted molar refractivity (Wildman–Crippen MR) is 112 cm³/mol. The molecule has 134 valence electrons. The Bertz CT molecular complexity index is 894. The molecule has 0 radical (unpaired) electrons. The molecule has 4 heteroatoms. The van der Waals surface area contributed by atoms with Gasteiger partial charge < -0.3 is 0 Å². The van der Waals surface area contributed by atoms with Crippen molar-refractivity contribution in [2.75, 3.05) is 13.1 Å². The van der Waals surface area contributed by atoms with Crippen molar-refractivity contribution in [3.63, 3.8) is 0 Å². The maximum absolute atomic E-state index is 6.54. The van der Waals surface area contributed by atoms with Crippen molar-refractivity contribution in [3.8, 4) is 0 Å². The van der Waals surface area contributed by atoms with E-state index in [0.717, 1.165) is 23.5 Å². The molecule has 3 aromatic rings. The van der Waals surface area contributed by atoms with Crippen LogP contribution in [0.15, 0.2) is 59.8 Å². The zero-order valence-electron chi connectivity index (χ0n) is 15.0. The average molecular weight is 383 g/mol. The van der Waals surface area contributed by atoms with Crippen LogP contribution in [0.4, 0.5) is 0 Å². The van der Waals surface area contributed by atoms with Crippen LogP contribution in [0.2, 0.25) is 5.02 Å². The van der Waals surface area contributed by atoms with Gasteiger partial charge in [0.1, 0.15) is 0 Å². The SMILES string of the molecule is Cc1ccc(CN2CCCC(Sc3cc4ccncc4cc3Cl)C2)cc1. The Morgan fingerprint density at radius 1 is 1.15 bits per heavy atom. The summed E-state index contributed by atoms with van der Waals surface area (Å²) in [7, 11) is 0. The van der Waals surface area contributed by atoms with E-state index in [1.807, 2.05) is 30.2 Å². The van der Waals surface area contributed by atoms with E-state index >= 15 is 0 Å². The Balaban J connectivity index is 1.45. The molecule has 1 aliphatic heterocycles. The Labute approximate surface area is 164 Å². The molecule has 0 N–H and O–H groups in total. The molecule has 0 saturated carbocycles. The Morgan fingerprint density at radius 2 is 2.00 bits per heavy atom. The normalized spacial score (nSPS) is 18.3. The molecule has 1 atom stereocenters. The minimum atomic E-state index is 0.589. The van der Waals surface area contributed by atoms with Gasteiger partial charge in [-0.05, 0) is 55.5 Å². The number of hydrogen-bond donors (Lipinski definition) is 0. The van der Waals surface area contributed by atoms with Crippen molar-refractivity contribution in [2.45, 2.75) is 36.5 Å². The number of likely N-dealkylation sites (tertiary alicyclic amines) is 1. The Morgan fingerprint density at radius 3 is 2.85 bits per heavy atom. The second-order valence-corrected chi connectivity index (χ2v) is 8.86. The Kier molecular flexibility index (Phi) is 5.49. The van der Waals surface area contributed by atoms with Crippen LogP contribution in [0, 0.1) is 6.92 Å². The summed E-state index contributed by atoms with van der Waals surface area (Å²) >= 11 is 8.47. The number of halogens is 1. The van der Waals surface area contributed by atoms with Gasteiger partial charge in [0, 0.05) is 41.0 Å². The van der Waals surface area contributed by atoms with Gasteiger partial charge in [-0.2, -0.15) is 0 Å². The molecule has 26 heavy (non-hydrogen) atoms. The largest absolute Gasteiger partial charge is 0.298 e. The third-order valence-electron chi connectivity index (χ3n) is 4.97. The first-order chi connectivity index (χ1) is 12.7. The van der Waals surface area contributed by atoms with Crippen LogP contribution < -0.4 is 0 Å². The maximum Gasteiger partial charge on any atom is 0.0548 e. The van der Waals surface area contributed by atoms with Gasteiger partial charge in [-0.15, -0.1) is 11.8 Å². The second-order valence-electron chi connectivity index (χ2n) is 7.11. The lowest BCUT2D eigenvalue weighted by Gasteiger charge is -2.32. The quantitative estimate of drug-likeness (QED) is 0.554. The number of benzene rings is 2. The van der Waals surface area contributed by atoms with E-state index in [9.17, 15) is 0 Å². The summed E-state index contributed by atoms with van der Waals surface area (Å²) in [6, 6.07) is 15.2. The number of aromatic nitrogens is 1. The zero-order chi connectivity index (χ0) is 17.9. The highest BCUT2D eigenvalue weighted by atomic mass is 35.5. The average Bonchev–Trinajstić information content (AvgIpc) is 2.65. The van der Waals surface area contributed by atoms with Crippen molar-refractivity contribution in [1.82, 2.24) is 9.88 Å². The highest BCUT2D eigenvalue weighted by Gasteiger charge is 2.22. The van der Waals surface area contributed by atoms with Crippen LogP contribution in [0.5, 0.6) is 0 Å². The molecule has 4 rings (SSSR count). The van der Waals surface area contributed by atoms with Gasteiger partial charge in [0.15, 0.2) is 0 Å². The van der Waals surface area contributed by atoms with Crippen molar-refractivity contribution in [1.29, 1.82) is 0 Å². The van der Waals surface area contributed by atoms with E-state index in [0.29, 0.717) is 5.25 Å². The number of aryl methyl sites for hydroxylation is 1. The van der Waals surface area contributed by atoms with Gasteiger partial charge in [0.2, 0.25) is 0 Å². The summed E-state index contributed by atoms with van der Waals surface area (Å²) in [5.74, 6) is 0. The number of fused-ring (bicyclic) bond motifs is 1. The molecular weight excluding hydrogens is 360 g/mol. The lowest BCUT2D eigenvalue weighted by atomic mass is 10.1. The van der Waals surface area contributed by atoms with Gasteiger partial charge >= 0.3 is 0 Å². The van der Waals surface area contributed by atoms with Crippen molar-refractivity contribution in [3.05, 3.63) is 71.0 Å². The van der Waals surface area contributed by atoms with Crippen molar-refractivity contribution >= 4 is 34.1 Å². The summed E-state index contributed by atoms with van der Waals surface area (Å²) < 4.78 is 0. The molecule has 2 aromatic carbocycles. The minimum absolute atomic E-state index is 0.589. The summed E-state index contributed by atoms with van der Waals surface area (Å²) in [5, 5.41) is 3.74. The van der Waals surface area contributed by atoms with E-state index in [1.54, 1.807) is 0 Å². The lowest BCUT2D eigenvalue weighted by Crippen LogP contribution is -2.36. The molecule has 0 spiro atoms. The first kappa shape index (κ1) is 17.8. The fraction of sp³-hybridized carbons (Fsp3) is 0.318. The molecule has 2 nitrogen and oxygen atoms in total. The third kappa shape index (κ3) is 4.22. The van der Waals surface area contributed by atoms with Gasteiger partial charge in [-0.25, -0.2) is 0 Å². The van der Waals surface area contributed by atoms with Gasteiger partial charge in [0.05, 0.1) is 5.02 Å². The Hall–Kier alpha value is -1.55. The molecule has 1 aromatic heterocycles. The molecule has 1 saturated heterocycles. The van der Waals surface area contributed by atoms with Crippen molar-refractivity contribution in [2.24, 2.45) is 0 Å². The van der Waals surface area contributed by atoms with E-state index in [-0.39, 0.29) is 0 Å². The highest BCUT2D eigenvalue weighted by molar-refractivity contribution is 8.00. The molecule has 1 aliphatic rings. The second kappa shape index (κ2) is 7.99. The topological polar surface area (TPSA) is 16.1 Å². The standard InChI is InChI=1S/C22H23ClN2S/c1-16-4-6-17(7-5-16)14-25-10-2-3-20(15-25)26-22-12-18-8-9-24-13-19(18)11-21(22)23/h4-9,11-13,20H,2-3,10,14-15H2,1H3. The summed E-state index contributed by atoms with van der Waals surface area (Å²) in [5.41, 5.74) is 2.72. The van der Waals surface area contributed by atoms with Crippen LogP contribution in [0.25, 0.3) is 10.8 Å². The van der Waals surface area contributed by atoms with Crippen LogP contribution in [-0.2, 0) is 6.54 Å². The smallest absolute Gasteiger partial charge is 0.0548 e. The first-order valence-corrected chi connectivity index (χ1v) is 10.4. The van der Waals surface area contributed by atoms with Crippen LogP contribution in [-0.4, -0.2) is 28.2 Å². The summed E-state index contributed by atoms with van der Waals surface area (Å²) in [6.45, 7) is 5.47. The monoisotopic (exact) mass is 382 g/mol. The first-order valence-electron chi connectivity index (χ1n) is 9.15. The minimum Gasteiger partial charge on any atom is -0.298 e. The third-order valence-corrected chi connectivity index (χ3v) is 6.71. The fourth-order valence-electron chi connectivity index (χ4n) is 3.56. The van der Waals surface area contributed by atoms with E-state index in [2.05, 4.69) is 53.2 Å². The number of pyridine rings is 1. The molecule has 0 aliphatic carbocycles. The summed E-state index contributed by atoms with van der Waals surface area (Å²) in [4.78, 5) is 7.94. The van der Waals surface area contributed by atoms with Gasteiger partial charge in [0.25, 0.3) is 0 Å². The molecular formula is C22H23ClN2S. The number of rotatable bonds is 4. The fourth-order valence-corrected chi connectivity index (χ4v) is 5.16. The van der Waals surface area contributed by atoms with Gasteiger partial charge in [-0.1, -0.05) is 41.4 Å². The number of hydrogen-bond acceptors (Lipinski definition) is 3. The van der Waals surface area contributed by atoms with E-state index in [1.165, 1.54) is 40.8 Å². The number of nitrogens with zero attached hydrogens (tertiary/aromatic N) is 2. The maximum atomic E-state index is 6.54. The van der Waals surface area contributed by atoms with Crippen LogP contribution in [0.3, 0.4) is 0 Å². The molecule has 2 heterocycles. The molecule has 1 unspecified atom stereocenters. The number of thioether (sulfide) groups is 1. The van der Waals surface area contributed by atoms with E-state index < -0.39 is 0 Å². The van der Waals surface area contributed by atoms with Crippen LogP contribution in [0.1, 0.15) is 24.0 Å². The van der Waals surface area contributed by atoms with Gasteiger partial charge in [-0.3, -0.25) is 9.88 Å². The highest BCUT2D eigenvalue weighted by Crippen LogP contribution is 2.36.